The highest BCUT2D eigenvalue weighted by Gasteiger charge is 2.24. The van der Waals surface area contributed by atoms with Gasteiger partial charge in [-0.15, -0.1) is 0 Å². The second kappa shape index (κ2) is 6.45. The minimum absolute atomic E-state index is 0.0590. The number of sulfonamides is 1. The molecule has 2 N–H and O–H groups in total. The third kappa shape index (κ3) is 3.88. The van der Waals surface area contributed by atoms with Crippen LogP contribution in [0.25, 0.3) is 0 Å². The Morgan fingerprint density at radius 3 is 2.75 bits per heavy atom. The minimum Gasteiger partial charge on any atom is -0.345 e. The number of hydrogen-bond donors (Lipinski definition) is 2. The maximum Gasteiger partial charge on any atom is 0.251 e. The van der Waals surface area contributed by atoms with Crippen LogP contribution in [0.2, 0.25) is 5.02 Å². The fourth-order valence-corrected chi connectivity index (χ4v) is 3.67. The van der Waals surface area contributed by atoms with Gasteiger partial charge in [0.2, 0.25) is 10.0 Å². The smallest absolute Gasteiger partial charge is 0.251 e. The third-order valence-corrected chi connectivity index (χ3v) is 4.76. The molecule has 1 aliphatic rings. The lowest BCUT2D eigenvalue weighted by Gasteiger charge is -2.15. The van der Waals surface area contributed by atoms with Crippen LogP contribution in [0.4, 0.5) is 5.69 Å². The van der Waals surface area contributed by atoms with Crippen LogP contribution in [0.5, 0.6) is 0 Å². The number of carbonyl (C=O) groups is 1. The van der Waals surface area contributed by atoms with Crippen LogP contribution in [0.1, 0.15) is 33.9 Å². The molecule has 2 aromatic rings. The van der Waals surface area contributed by atoms with E-state index in [9.17, 15) is 13.2 Å². The Morgan fingerprint density at radius 1 is 1.21 bits per heavy atom. The molecule has 24 heavy (non-hydrogen) atoms. The van der Waals surface area contributed by atoms with E-state index in [1.165, 1.54) is 6.07 Å². The summed E-state index contributed by atoms with van der Waals surface area (Å²) < 4.78 is 25.0. The molecule has 3 rings (SSSR count). The quantitative estimate of drug-likeness (QED) is 0.875. The molecule has 126 valence electrons. The van der Waals surface area contributed by atoms with Crippen LogP contribution in [0.15, 0.2) is 42.5 Å². The lowest BCUT2D eigenvalue weighted by Crippen LogP contribution is -2.27. The molecule has 0 heterocycles. The fourth-order valence-electron chi connectivity index (χ4n) is 2.92. The summed E-state index contributed by atoms with van der Waals surface area (Å²) in [6.45, 7) is 0. The Bertz CT molecular complexity index is 896. The first kappa shape index (κ1) is 16.8. The van der Waals surface area contributed by atoms with Gasteiger partial charge >= 0.3 is 0 Å². The molecule has 0 unspecified atom stereocenters. The van der Waals surface area contributed by atoms with Crippen LogP contribution in [-0.4, -0.2) is 20.6 Å². The molecule has 1 aliphatic carbocycles. The molecule has 7 heteroatoms. The molecule has 1 amide bonds. The topological polar surface area (TPSA) is 75.3 Å². The molecular formula is C17H17ClN2O3S. The number of benzene rings is 2. The Hall–Kier alpha value is -2.05. The Labute approximate surface area is 146 Å². The summed E-state index contributed by atoms with van der Waals surface area (Å²) in [4.78, 5) is 12.5. The van der Waals surface area contributed by atoms with E-state index in [4.69, 9.17) is 11.6 Å². The van der Waals surface area contributed by atoms with Gasteiger partial charge in [0.15, 0.2) is 0 Å². The van der Waals surface area contributed by atoms with Gasteiger partial charge in [0.1, 0.15) is 0 Å². The van der Waals surface area contributed by atoms with Crippen molar-refractivity contribution in [3.05, 3.63) is 64.2 Å². The molecule has 0 radical (unpaired) electrons. The Morgan fingerprint density at radius 2 is 2.00 bits per heavy atom. The largest absolute Gasteiger partial charge is 0.345 e. The second-order valence-electron chi connectivity index (χ2n) is 5.86. The van der Waals surface area contributed by atoms with Crippen LogP contribution < -0.4 is 10.0 Å². The predicted molar refractivity (Wildman–Crippen MR) is 94.9 cm³/mol. The maximum absolute atomic E-state index is 12.5. The van der Waals surface area contributed by atoms with Crippen molar-refractivity contribution < 1.29 is 13.2 Å². The van der Waals surface area contributed by atoms with Gasteiger partial charge in [-0.1, -0.05) is 23.7 Å². The lowest BCUT2D eigenvalue weighted by atomic mass is 10.1. The highest BCUT2D eigenvalue weighted by Crippen LogP contribution is 2.33. The number of rotatable bonds is 4. The average Bonchev–Trinajstić information content (AvgIpc) is 2.88. The Kier molecular flexibility index (Phi) is 4.51. The lowest BCUT2D eigenvalue weighted by molar-refractivity contribution is 0.0936. The predicted octanol–water partition coefficient (Wildman–Crippen LogP) is 3.13. The first-order valence-electron chi connectivity index (χ1n) is 7.49. The first-order chi connectivity index (χ1) is 11.3. The standard InChI is InChI=1S/C17H17ClN2O3S/c1-24(22,23)20-14-4-2-3-12(10-14)17(21)19-16-8-5-11-9-13(18)6-7-15(11)16/h2-4,6-7,9-10,16,20H,5,8H2,1H3,(H,19,21)/t16-/m1/s1. The summed E-state index contributed by atoms with van der Waals surface area (Å²) in [7, 11) is -3.38. The molecule has 0 spiro atoms. The number of aryl methyl sites for hydroxylation is 1. The number of anilines is 1. The van der Waals surface area contributed by atoms with Crippen LogP contribution in [0, 0.1) is 0 Å². The first-order valence-corrected chi connectivity index (χ1v) is 9.76. The molecule has 1 atom stereocenters. The molecule has 0 aromatic heterocycles. The summed E-state index contributed by atoms with van der Waals surface area (Å²) in [5, 5.41) is 3.70. The molecule has 2 aromatic carbocycles. The van der Waals surface area contributed by atoms with Gasteiger partial charge in [-0.05, 0) is 54.3 Å². The molecule has 0 saturated heterocycles. The average molecular weight is 365 g/mol. The van der Waals surface area contributed by atoms with E-state index in [0.717, 1.165) is 30.2 Å². The number of halogens is 1. The van der Waals surface area contributed by atoms with Gasteiger partial charge < -0.3 is 5.32 Å². The summed E-state index contributed by atoms with van der Waals surface area (Å²) in [5.74, 6) is -0.236. The number of hydrogen-bond acceptors (Lipinski definition) is 3. The van der Waals surface area contributed by atoms with Crippen LogP contribution in [-0.2, 0) is 16.4 Å². The van der Waals surface area contributed by atoms with E-state index in [1.54, 1.807) is 18.2 Å². The number of amides is 1. The highest BCUT2D eigenvalue weighted by molar-refractivity contribution is 7.92. The normalized spacial score (nSPS) is 16.5. The maximum atomic E-state index is 12.5. The minimum atomic E-state index is -3.38. The molecule has 5 nitrogen and oxygen atoms in total. The van der Waals surface area contributed by atoms with Crippen molar-refractivity contribution >= 4 is 33.2 Å². The van der Waals surface area contributed by atoms with Crippen molar-refractivity contribution in [1.82, 2.24) is 5.32 Å². The fraction of sp³-hybridized carbons (Fsp3) is 0.235. The number of carbonyl (C=O) groups excluding carboxylic acids is 1. The van der Waals surface area contributed by atoms with E-state index in [2.05, 4.69) is 10.0 Å². The second-order valence-corrected chi connectivity index (χ2v) is 8.05. The Balaban J connectivity index is 1.76. The van der Waals surface area contributed by atoms with E-state index >= 15 is 0 Å². The summed E-state index contributed by atoms with van der Waals surface area (Å²) in [6, 6.07) is 12.1. The van der Waals surface area contributed by atoms with E-state index in [0.29, 0.717) is 16.3 Å². The molecule has 0 fully saturated rings. The van der Waals surface area contributed by atoms with E-state index in [-0.39, 0.29) is 11.9 Å². The molecule has 0 saturated carbocycles. The van der Waals surface area contributed by atoms with Gasteiger partial charge in [-0.3, -0.25) is 9.52 Å². The van der Waals surface area contributed by atoms with Crippen molar-refractivity contribution in [2.45, 2.75) is 18.9 Å². The van der Waals surface area contributed by atoms with E-state index in [1.807, 2.05) is 18.2 Å². The van der Waals surface area contributed by atoms with Gasteiger partial charge in [-0.25, -0.2) is 8.42 Å². The van der Waals surface area contributed by atoms with Gasteiger partial charge in [0.25, 0.3) is 5.91 Å². The molecule has 0 aliphatic heterocycles. The number of nitrogens with one attached hydrogen (secondary N) is 2. The van der Waals surface area contributed by atoms with Crippen molar-refractivity contribution in [3.63, 3.8) is 0 Å². The molecular weight excluding hydrogens is 348 g/mol. The monoisotopic (exact) mass is 364 g/mol. The van der Waals surface area contributed by atoms with Gasteiger partial charge in [0.05, 0.1) is 12.3 Å². The van der Waals surface area contributed by atoms with Crippen LogP contribution >= 0.6 is 11.6 Å². The highest BCUT2D eigenvalue weighted by atomic mass is 35.5. The summed E-state index contributed by atoms with van der Waals surface area (Å²) in [5.41, 5.74) is 3.01. The third-order valence-electron chi connectivity index (χ3n) is 3.92. The van der Waals surface area contributed by atoms with E-state index < -0.39 is 10.0 Å². The van der Waals surface area contributed by atoms with Gasteiger partial charge in [0, 0.05) is 16.3 Å². The SMILES string of the molecule is CS(=O)(=O)Nc1cccc(C(=O)N[C@@H]2CCc3cc(Cl)ccc32)c1. The summed E-state index contributed by atoms with van der Waals surface area (Å²) in [6.07, 6.45) is 2.76. The van der Waals surface area contributed by atoms with Crippen molar-refractivity contribution in [2.75, 3.05) is 11.0 Å². The van der Waals surface area contributed by atoms with Crippen molar-refractivity contribution in [2.24, 2.45) is 0 Å². The zero-order valence-corrected chi connectivity index (χ0v) is 14.6. The van der Waals surface area contributed by atoms with Gasteiger partial charge in [-0.2, -0.15) is 0 Å². The zero-order valence-electron chi connectivity index (χ0n) is 13.0. The van der Waals surface area contributed by atoms with Crippen molar-refractivity contribution in [3.8, 4) is 0 Å². The number of fused-ring (bicyclic) bond motifs is 1. The van der Waals surface area contributed by atoms with Crippen molar-refractivity contribution in [1.29, 1.82) is 0 Å². The van der Waals surface area contributed by atoms with Crippen LogP contribution in [0.3, 0.4) is 0 Å². The molecule has 0 bridgehead atoms. The summed E-state index contributed by atoms with van der Waals surface area (Å²) >= 11 is 6.00. The zero-order chi connectivity index (χ0) is 17.3.